The van der Waals surface area contributed by atoms with E-state index >= 15 is 28.8 Å². The van der Waals surface area contributed by atoms with Gasteiger partial charge in [0, 0.05) is 71.7 Å². The maximum absolute atomic E-state index is 16.7. The molecule has 0 aromatic heterocycles. The molecule has 0 aliphatic carbocycles. The molecule has 3 saturated heterocycles. The number of carbonyl (C=O) groups is 11. The maximum Gasteiger partial charge on any atom is 0.330 e. The molecule has 0 unspecified atom stereocenters. The summed E-state index contributed by atoms with van der Waals surface area (Å²) in [5, 5.41) is 135. The smallest absolute Gasteiger partial charge is 0.330 e. The van der Waals surface area contributed by atoms with Crippen molar-refractivity contribution in [3.8, 4) is 68.2 Å². The summed E-state index contributed by atoms with van der Waals surface area (Å²) in [5.41, 5.74) is 9.20. The molecule has 0 saturated carbocycles. The summed E-state index contributed by atoms with van der Waals surface area (Å²) in [6, 6.07) is 12.9. The van der Waals surface area contributed by atoms with Crippen molar-refractivity contribution in [1.82, 2.24) is 42.1 Å². The van der Waals surface area contributed by atoms with Gasteiger partial charge in [0.15, 0.2) is 36.2 Å². The Labute approximate surface area is 781 Å². The van der Waals surface area contributed by atoms with Gasteiger partial charge in [-0.25, -0.2) is 4.79 Å². The van der Waals surface area contributed by atoms with Crippen molar-refractivity contribution in [3.05, 3.63) is 176 Å². The van der Waals surface area contributed by atoms with E-state index in [9.17, 15) is 75.0 Å². The Bertz CT molecular complexity index is 5620. The van der Waals surface area contributed by atoms with E-state index in [-0.39, 0.29) is 43.4 Å². The number of nitrogens with two attached hydrogens (primary N) is 2. The topological polar surface area (TPSA) is 603 Å². The highest BCUT2D eigenvalue weighted by molar-refractivity contribution is 6.32. The monoisotopic (exact) mass is 1920 g/mol. The molecule has 716 valence electrons. The van der Waals surface area contributed by atoms with Crippen molar-refractivity contribution in [1.29, 1.82) is 0 Å². The molecule has 7 aromatic carbocycles. The molecule has 3 fully saturated rings. The largest absolute Gasteiger partial charge is 0.508 e. The number of ether oxygens (including phenoxy) is 8. The zero-order valence-electron chi connectivity index (χ0n) is 73.1. The molecule has 21 N–H and O–H groups in total. The quantitative estimate of drug-likeness (QED) is 0.0292. The first kappa shape index (κ1) is 99.7. The summed E-state index contributed by atoms with van der Waals surface area (Å²) >= 11 is 20.9. The molecule has 39 nitrogen and oxygen atoms in total. The molecule has 42 heteroatoms. The Kier molecular flexibility index (Phi) is 31.0. The van der Waals surface area contributed by atoms with E-state index in [0.29, 0.717) is 17.6 Å². The minimum atomic E-state index is -2.48. The number of hydrogen-bond donors (Lipinski definition) is 19. The number of fused-ring (bicyclic) bond motifs is 15. The molecule has 15 rings (SSSR count). The molecule has 8 amide bonds. The normalized spacial score (nSPS) is 28.5. The number of aliphatic hydroxyl groups excluding tert-OH is 6. The van der Waals surface area contributed by atoms with Crippen LogP contribution in [0.2, 0.25) is 15.1 Å². The second kappa shape index (κ2) is 41.6. The van der Waals surface area contributed by atoms with Gasteiger partial charge in [-0.2, -0.15) is 0 Å². The molecule has 7 aromatic rings. The van der Waals surface area contributed by atoms with Gasteiger partial charge in [0.1, 0.15) is 108 Å². The number of likely N-dealkylation sites (N-methyl/N-ethyl adjacent to an activating group) is 1. The number of aldehydes is 2. The second-order valence-electron chi connectivity index (χ2n) is 34.9. The van der Waals surface area contributed by atoms with Crippen LogP contribution in [0.1, 0.15) is 144 Å². The lowest BCUT2D eigenvalue weighted by molar-refractivity contribution is -0.334. The number of aliphatic hydroxyl groups is 6. The van der Waals surface area contributed by atoms with Crippen molar-refractivity contribution >= 4 is 101 Å². The summed E-state index contributed by atoms with van der Waals surface area (Å²) < 4.78 is 53.0. The van der Waals surface area contributed by atoms with E-state index in [2.05, 4.69) is 37.2 Å². The Balaban J connectivity index is 1.01. The minimum Gasteiger partial charge on any atom is -0.508 e. The number of carbonyl (C=O) groups excluding carboxylic acids is 10. The van der Waals surface area contributed by atoms with Gasteiger partial charge in [-0.3, -0.25) is 38.4 Å². The maximum atomic E-state index is 16.7. The van der Waals surface area contributed by atoms with Crippen LogP contribution in [0, 0.1) is 11.8 Å². The Morgan fingerprint density at radius 1 is 0.649 bits per heavy atom. The predicted molar refractivity (Wildman–Crippen MR) is 474 cm³/mol. The third-order valence-electron chi connectivity index (χ3n) is 24.5. The van der Waals surface area contributed by atoms with Gasteiger partial charge in [0.05, 0.1) is 53.4 Å². The fraction of sp³-hybridized carbons (Fsp3) is 0.424. The Morgan fingerprint density at radius 2 is 1.24 bits per heavy atom. The zero-order chi connectivity index (χ0) is 97.1. The third kappa shape index (κ3) is 22.1. The number of phenols is 3. The fourth-order valence-electron chi connectivity index (χ4n) is 17.0. The number of halogens is 3. The highest BCUT2D eigenvalue weighted by Crippen LogP contribution is 2.51. The molecule has 8 heterocycles. The molecule has 11 bridgehead atoms. The van der Waals surface area contributed by atoms with Gasteiger partial charge >= 0.3 is 5.97 Å². The van der Waals surface area contributed by atoms with Gasteiger partial charge < -0.3 is 152 Å². The van der Waals surface area contributed by atoms with Crippen LogP contribution in [0.5, 0.6) is 46.0 Å². The third-order valence-corrected chi connectivity index (χ3v) is 25.3. The van der Waals surface area contributed by atoms with Crippen LogP contribution in [-0.4, -0.2) is 238 Å². The summed E-state index contributed by atoms with van der Waals surface area (Å²) in [5.74, 6) is -19.4. The van der Waals surface area contributed by atoms with E-state index in [1.165, 1.54) is 33.0 Å². The van der Waals surface area contributed by atoms with Crippen LogP contribution < -0.4 is 62.9 Å². The lowest BCUT2D eigenvalue weighted by Gasteiger charge is -2.48. The number of nitrogens with one attached hydrogen (secondary N) is 7. The summed E-state index contributed by atoms with van der Waals surface area (Å²) in [7, 11) is 1.24. The number of hydrogen-bond acceptors (Lipinski definition) is 30. The van der Waals surface area contributed by atoms with Crippen LogP contribution in [0.3, 0.4) is 0 Å². The van der Waals surface area contributed by atoms with Gasteiger partial charge in [-0.05, 0) is 152 Å². The first-order valence-electron chi connectivity index (χ1n) is 42.8. The molecule has 22 atom stereocenters. The van der Waals surface area contributed by atoms with Crippen molar-refractivity contribution in [2.45, 2.75) is 220 Å². The predicted octanol–water partition coefficient (Wildman–Crippen LogP) is 4.53. The second-order valence-corrected chi connectivity index (χ2v) is 36.1. The van der Waals surface area contributed by atoms with Crippen molar-refractivity contribution in [2.75, 3.05) is 13.7 Å². The first-order valence-corrected chi connectivity index (χ1v) is 43.9. The number of carboxylic acid groups (broad SMARTS) is 1. The van der Waals surface area contributed by atoms with E-state index in [1.807, 2.05) is 36.4 Å². The van der Waals surface area contributed by atoms with E-state index < -0.39 is 302 Å². The van der Waals surface area contributed by atoms with Gasteiger partial charge in [-0.1, -0.05) is 103 Å². The lowest BCUT2D eigenvalue weighted by Crippen LogP contribution is -2.65. The number of aromatic hydroxyl groups is 3. The molecule has 8 aliphatic heterocycles. The van der Waals surface area contributed by atoms with Crippen LogP contribution in [0.15, 0.2) is 127 Å². The van der Waals surface area contributed by atoms with E-state index in [1.54, 1.807) is 39.8 Å². The van der Waals surface area contributed by atoms with Crippen LogP contribution in [0.25, 0.3) is 22.3 Å². The average molecular weight is 1920 g/mol. The van der Waals surface area contributed by atoms with E-state index in [0.717, 1.165) is 88.3 Å². The summed E-state index contributed by atoms with van der Waals surface area (Å²) in [6.45, 7) is 8.68. The minimum absolute atomic E-state index is 0.130. The standard InChI is InChI=1S/C92H103Cl3N10O29/c1-39(2)24-57(105(7)66(113)23-10-43(36-106)37-107)84(120)103-73-75(114)47-16-21-60(54(94)26-47)129-62-28-49-29-63(79(62)134-90-80(77(116)76(115)64(38-108)131-90)133-68-34-92(6,82(118)41(4)128-68)98-35-42-8-11-44(12-9-42)45-13-18-50(93)19-14-45)130-61-22-17-48(27-55(61)95)78(132-67-33-91(5,97)81(117)40(3)127-67)74-88(124)102-72(89(125)126)53-30-51(109)31-59(111)69(53)52-25-46(15-20-58(52)110)70(85(121)104-74)101-86(122)71(49)100-83(119)56(32-65(96)112)99-87(73)123/h8-9,11-22,25-31,36-37,39-41,43,56-57,64,67-68,70-78,80-82,90,98,108-111,114-118H,10,23-24,32-35,38,97H2,1-7H3,(H2,96,112)(H,99,123)(H,100,119)(H,101,122)(H,102,124)(H,103,120)(H,104,121)(H,125,126)/t40-,41-,56-,57+,64+,67-,68-,70+,71+,72-,73+,74-,75+,76+,77-,78+,80+,81-,82-,90-,91-,92-/m0/s1. The van der Waals surface area contributed by atoms with Gasteiger partial charge in [-0.15, -0.1) is 0 Å². The highest BCUT2D eigenvalue weighted by atomic mass is 35.5. The number of primary amides is 1. The Morgan fingerprint density at radius 3 is 1.84 bits per heavy atom. The number of phenolic OH excluding ortho intramolecular Hbond substituents is 3. The molecule has 134 heavy (non-hydrogen) atoms. The van der Waals surface area contributed by atoms with Crippen LogP contribution >= 0.6 is 34.8 Å². The molecular weight excluding hydrogens is 1820 g/mol. The summed E-state index contributed by atoms with van der Waals surface area (Å²) in [6.07, 6.45) is -24.0. The number of aliphatic carboxylic acids is 1. The first-order chi connectivity index (χ1) is 63.4. The summed E-state index contributed by atoms with van der Waals surface area (Å²) in [4.78, 5) is 161. The number of nitrogens with zero attached hydrogens (tertiary/aromatic N) is 1. The fourth-order valence-corrected chi connectivity index (χ4v) is 17.6. The highest BCUT2D eigenvalue weighted by Gasteiger charge is 2.53. The van der Waals surface area contributed by atoms with Crippen molar-refractivity contribution < 1.29 is 142 Å². The number of carboxylic acids is 1. The average Bonchev–Trinajstić information content (AvgIpc) is 0.759. The molecule has 0 spiro atoms. The zero-order valence-corrected chi connectivity index (χ0v) is 75.4. The Hall–Kier alpha value is -11.7. The SMILES string of the molecule is CC(C)C[C@H](C(=O)N[C@H]1C(=O)N[C@@H](CC(N)=O)C(=O)N[C@H]2C(=O)N[C@H]3C(=O)N[C@H](C(=O)N[C@H](C(=O)O)c4cc(O)cc(O)c4-c4cc3ccc4O)[C@H](O[C@H]3C[C@](C)(N)[C@@H](O)[C@H](C)O3)c3ccc(c(Cl)c3)Oc3cc2cc(c3O[C@@H]2O[C@H](CO)[C@@H](O)[C@H](O)[C@H]2O[C@H]2C[C@](C)(NCc3ccc(-c4ccc(Cl)cc4)cc3)[C@@H](O)[C@H](C)O2)Oc2ccc(cc2Cl)[C@H]1O)N(C)C(=O)CCC(C=O)C=O. The van der Waals surface area contributed by atoms with Gasteiger partial charge in [0.2, 0.25) is 59.3 Å². The molecular formula is C92H103Cl3N10O29. The molecule has 0 radical (unpaired) electrons. The number of rotatable bonds is 24. The van der Waals surface area contributed by atoms with Crippen molar-refractivity contribution in [2.24, 2.45) is 23.3 Å². The number of benzene rings is 7. The number of amides is 8. The van der Waals surface area contributed by atoms with E-state index in [4.69, 9.17) is 84.2 Å². The van der Waals surface area contributed by atoms with Crippen LogP contribution in [-0.2, 0) is 83.0 Å². The molecule has 8 aliphatic rings. The lowest BCUT2D eigenvalue weighted by atomic mass is 9.84. The van der Waals surface area contributed by atoms with Crippen LogP contribution in [0.4, 0.5) is 0 Å². The van der Waals surface area contributed by atoms with Gasteiger partial charge in [0.25, 0.3) is 0 Å². The van der Waals surface area contributed by atoms with Crippen molar-refractivity contribution in [3.63, 3.8) is 0 Å².